The van der Waals surface area contributed by atoms with E-state index in [4.69, 9.17) is 28.6 Å². The van der Waals surface area contributed by atoms with E-state index in [1.807, 2.05) is 19.1 Å². The number of thiocarbonyl (C=S) groups is 1. The first-order valence-corrected chi connectivity index (χ1v) is 8.33. The van der Waals surface area contributed by atoms with Crippen LogP contribution in [0.4, 0.5) is 10.1 Å². The molecular weight excluding hydrogens is 349 g/mol. The summed E-state index contributed by atoms with van der Waals surface area (Å²) in [5.41, 5.74) is 3.67. The third-order valence-corrected chi connectivity index (χ3v) is 4.13. The van der Waals surface area contributed by atoms with E-state index in [1.165, 1.54) is 5.56 Å². The van der Waals surface area contributed by atoms with Gasteiger partial charge in [0.2, 0.25) is 6.86 Å². The molecule has 0 amide bonds. The van der Waals surface area contributed by atoms with E-state index >= 15 is 0 Å². The van der Waals surface area contributed by atoms with Crippen molar-refractivity contribution >= 4 is 34.7 Å². The molecule has 0 saturated heterocycles. The molecule has 0 aromatic heterocycles. The molecular formula is C18H19ClFNO2S. The van der Waals surface area contributed by atoms with E-state index in [-0.39, 0.29) is 11.8 Å². The molecule has 6 heteroatoms. The molecule has 24 heavy (non-hydrogen) atoms. The van der Waals surface area contributed by atoms with E-state index in [9.17, 15) is 4.39 Å². The third-order valence-electron chi connectivity index (χ3n) is 3.56. The Kier molecular flexibility index (Phi) is 6.82. The lowest BCUT2D eigenvalue weighted by molar-refractivity contribution is 0.184. The van der Waals surface area contributed by atoms with Gasteiger partial charge in [-0.2, -0.15) is 0 Å². The van der Waals surface area contributed by atoms with Crippen molar-refractivity contribution in [2.75, 3.05) is 12.2 Å². The van der Waals surface area contributed by atoms with Gasteiger partial charge in [0.25, 0.3) is 5.17 Å². The molecule has 2 aromatic rings. The monoisotopic (exact) mass is 367 g/mol. The van der Waals surface area contributed by atoms with Crippen LogP contribution in [0.1, 0.15) is 23.6 Å². The second kappa shape index (κ2) is 8.85. The molecule has 0 unspecified atom stereocenters. The molecule has 3 nitrogen and oxygen atoms in total. The van der Waals surface area contributed by atoms with E-state index < -0.39 is 6.86 Å². The number of benzene rings is 2. The van der Waals surface area contributed by atoms with Crippen molar-refractivity contribution in [1.82, 2.24) is 0 Å². The van der Waals surface area contributed by atoms with Crippen molar-refractivity contribution in [2.24, 2.45) is 0 Å². The van der Waals surface area contributed by atoms with E-state index in [0.717, 1.165) is 23.3 Å². The molecule has 0 saturated carbocycles. The predicted octanol–water partition coefficient (Wildman–Crippen LogP) is 5.43. The second-order valence-electron chi connectivity index (χ2n) is 5.17. The standard InChI is InChI=1S/C18H19ClFNO2S/c1-3-13-7-8-17(12(2)9-13)22-10-14-15(19)5-4-6-16(14)21-18(24)23-11-20/h4-9H,3,10-11H2,1-2H3,(H,21,24). The largest absolute Gasteiger partial charge is 0.488 e. The van der Waals surface area contributed by atoms with Gasteiger partial charge in [0.05, 0.1) is 0 Å². The predicted molar refractivity (Wildman–Crippen MR) is 99.6 cm³/mol. The lowest BCUT2D eigenvalue weighted by Gasteiger charge is -2.15. The summed E-state index contributed by atoms with van der Waals surface area (Å²) in [6.07, 6.45) is 0.978. The zero-order valence-electron chi connectivity index (χ0n) is 13.6. The summed E-state index contributed by atoms with van der Waals surface area (Å²) in [4.78, 5) is 0. The fraction of sp³-hybridized carbons (Fsp3) is 0.278. The number of alkyl halides is 1. The van der Waals surface area contributed by atoms with E-state index in [2.05, 4.69) is 23.0 Å². The summed E-state index contributed by atoms with van der Waals surface area (Å²) in [5.74, 6) is 0.792. The van der Waals surface area contributed by atoms with Gasteiger partial charge in [-0.05, 0) is 54.9 Å². The highest BCUT2D eigenvalue weighted by molar-refractivity contribution is 7.80. The number of rotatable bonds is 6. The topological polar surface area (TPSA) is 30.5 Å². The van der Waals surface area contributed by atoms with Crippen LogP contribution in [0.2, 0.25) is 5.02 Å². The van der Waals surface area contributed by atoms with Crippen molar-refractivity contribution in [3.05, 3.63) is 58.1 Å². The molecule has 0 spiro atoms. The summed E-state index contributed by atoms with van der Waals surface area (Å²) in [5, 5.41) is 3.31. The van der Waals surface area contributed by atoms with Gasteiger partial charge >= 0.3 is 0 Å². The van der Waals surface area contributed by atoms with Crippen LogP contribution in [0.25, 0.3) is 0 Å². The highest BCUT2D eigenvalue weighted by Gasteiger charge is 2.11. The van der Waals surface area contributed by atoms with E-state index in [0.29, 0.717) is 10.7 Å². The van der Waals surface area contributed by atoms with Crippen molar-refractivity contribution < 1.29 is 13.9 Å². The van der Waals surface area contributed by atoms with Crippen LogP contribution in [-0.4, -0.2) is 12.0 Å². The van der Waals surface area contributed by atoms with Gasteiger partial charge in [0.15, 0.2) is 0 Å². The minimum atomic E-state index is -0.985. The van der Waals surface area contributed by atoms with Gasteiger partial charge in [-0.1, -0.05) is 36.7 Å². The first kappa shape index (κ1) is 18.5. The molecule has 0 fully saturated rings. The van der Waals surface area contributed by atoms with Gasteiger partial charge < -0.3 is 14.8 Å². The smallest absolute Gasteiger partial charge is 0.263 e. The first-order chi connectivity index (χ1) is 11.5. The maximum atomic E-state index is 12.2. The maximum absolute atomic E-state index is 12.2. The molecule has 0 aliphatic heterocycles. The summed E-state index contributed by atoms with van der Waals surface area (Å²) >= 11 is 11.2. The molecule has 0 heterocycles. The highest BCUT2D eigenvalue weighted by atomic mass is 35.5. The fourth-order valence-corrected chi connectivity index (χ4v) is 2.64. The fourth-order valence-electron chi connectivity index (χ4n) is 2.26. The van der Waals surface area contributed by atoms with Gasteiger partial charge in [-0.15, -0.1) is 0 Å². The lowest BCUT2D eigenvalue weighted by Crippen LogP contribution is -2.14. The molecule has 0 radical (unpaired) electrons. The Labute approximate surface area is 151 Å². The number of anilines is 1. The highest BCUT2D eigenvalue weighted by Crippen LogP contribution is 2.27. The normalized spacial score (nSPS) is 10.3. The Balaban J connectivity index is 2.16. The molecule has 2 rings (SSSR count). The Bertz CT molecular complexity index is 724. The lowest BCUT2D eigenvalue weighted by atomic mass is 10.1. The van der Waals surface area contributed by atoms with Crippen LogP contribution in [0.5, 0.6) is 5.75 Å². The van der Waals surface area contributed by atoms with Crippen molar-refractivity contribution in [2.45, 2.75) is 26.9 Å². The number of aryl methyl sites for hydroxylation is 2. The molecule has 0 aliphatic carbocycles. The van der Waals surface area contributed by atoms with Gasteiger partial charge in [0.1, 0.15) is 12.4 Å². The van der Waals surface area contributed by atoms with Crippen LogP contribution in [0.3, 0.4) is 0 Å². The number of ether oxygens (including phenoxy) is 2. The molecule has 128 valence electrons. The molecule has 1 N–H and O–H groups in total. The minimum absolute atomic E-state index is 0.0514. The van der Waals surface area contributed by atoms with Crippen LogP contribution >= 0.6 is 23.8 Å². The second-order valence-corrected chi connectivity index (χ2v) is 5.95. The minimum Gasteiger partial charge on any atom is -0.488 e. The Hall–Kier alpha value is -1.85. The number of hydrogen-bond donors (Lipinski definition) is 1. The summed E-state index contributed by atoms with van der Waals surface area (Å²) in [6.45, 7) is 3.39. The first-order valence-electron chi connectivity index (χ1n) is 7.54. The summed E-state index contributed by atoms with van der Waals surface area (Å²) < 4.78 is 22.7. The molecule has 0 bridgehead atoms. The zero-order valence-corrected chi connectivity index (χ0v) is 15.1. The Morgan fingerprint density at radius 1 is 1.29 bits per heavy atom. The SMILES string of the molecule is CCc1ccc(OCc2c(Cl)cccc2NC(=S)OCF)c(C)c1. The number of halogens is 2. The molecule has 0 atom stereocenters. The summed E-state index contributed by atoms with van der Waals surface area (Å²) in [6, 6.07) is 11.4. The Morgan fingerprint density at radius 3 is 2.75 bits per heavy atom. The van der Waals surface area contributed by atoms with Gasteiger partial charge in [-0.3, -0.25) is 0 Å². The number of nitrogens with one attached hydrogen (secondary N) is 1. The van der Waals surface area contributed by atoms with Gasteiger partial charge in [-0.25, -0.2) is 4.39 Å². The van der Waals surface area contributed by atoms with Crippen LogP contribution < -0.4 is 10.1 Å². The molecule has 0 aliphatic rings. The molecule has 2 aromatic carbocycles. The van der Waals surface area contributed by atoms with Crippen molar-refractivity contribution in [3.8, 4) is 5.75 Å². The Morgan fingerprint density at radius 2 is 2.08 bits per heavy atom. The van der Waals surface area contributed by atoms with Crippen LogP contribution in [0.15, 0.2) is 36.4 Å². The van der Waals surface area contributed by atoms with Crippen LogP contribution in [-0.2, 0) is 17.8 Å². The average molecular weight is 368 g/mol. The maximum Gasteiger partial charge on any atom is 0.263 e. The number of hydrogen-bond acceptors (Lipinski definition) is 3. The zero-order chi connectivity index (χ0) is 17.5. The van der Waals surface area contributed by atoms with E-state index in [1.54, 1.807) is 18.2 Å². The average Bonchev–Trinajstić information content (AvgIpc) is 2.55. The summed E-state index contributed by atoms with van der Waals surface area (Å²) in [7, 11) is 0. The van der Waals surface area contributed by atoms with Gasteiger partial charge in [0, 0.05) is 16.3 Å². The van der Waals surface area contributed by atoms with Crippen molar-refractivity contribution in [3.63, 3.8) is 0 Å². The van der Waals surface area contributed by atoms with Crippen molar-refractivity contribution in [1.29, 1.82) is 0 Å². The quantitative estimate of drug-likeness (QED) is 0.689. The van der Waals surface area contributed by atoms with Crippen LogP contribution in [0, 0.1) is 6.92 Å². The third kappa shape index (κ3) is 4.82.